The minimum Gasteiger partial charge on any atom is -0.481 e. The van der Waals surface area contributed by atoms with Crippen LogP contribution in [0.1, 0.15) is 18.1 Å². The molecule has 0 radical (unpaired) electrons. The van der Waals surface area contributed by atoms with Crippen molar-refractivity contribution in [1.29, 1.82) is 0 Å². The van der Waals surface area contributed by atoms with Crippen molar-refractivity contribution >= 4 is 17.5 Å². The summed E-state index contributed by atoms with van der Waals surface area (Å²) in [6.45, 7) is 6.83. The second-order valence-electron chi connectivity index (χ2n) is 9.01. The van der Waals surface area contributed by atoms with Gasteiger partial charge in [0.15, 0.2) is 6.10 Å². The van der Waals surface area contributed by atoms with Gasteiger partial charge in [-0.1, -0.05) is 41.9 Å². The van der Waals surface area contributed by atoms with Gasteiger partial charge in [0.1, 0.15) is 11.6 Å². The lowest BCUT2D eigenvalue weighted by atomic mass is 10.0. The number of likely N-dealkylation sites (N-methyl/N-ethyl adjacent to an activating group) is 1. The van der Waals surface area contributed by atoms with Crippen LogP contribution in [-0.4, -0.2) is 55.0 Å². The number of carbonyl (C=O) groups is 1. The van der Waals surface area contributed by atoms with Crippen LogP contribution in [0.5, 0.6) is 5.75 Å². The maximum atomic E-state index is 13.4. The highest BCUT2D eigenvalue weighted by Crippen LogP contribution is 2.29. The quantitative estimate of drug-likeness (QED) is 0.479. The number of amides is 1. The predicted molar refractivity (Wildman–Crippen MR) is 138 cm³/mol. The Kier molecular flexibility index (Phi) is 8.39. The fourth-order valence-corrected chi connectivity index (χ4v) is 4.19. The Morgan fingerprint density at radius 2 is 1.66 bits per heavy atom. The molecule has 184 valence electrons. The lowest BCUT2D eigenvalue weighted by Crippen LogP contribution is -2.44. The third-order valence-corrected chi connectivity index (χ3v) is 6.53. The highest BCUT2D eigenvalue weighted by atomic mass is 35.5. The molecule has 0 bridgehead atoms. The molecule has 1 heterocycles. The second kappa shape index (κ2) is 11.7. The molecule has 0 saturated carbocycles. The van der Waals surface area contributed by atoms with E-state index < -0.39 is 6.10 Å². The highest BCUT2D eigenvalue weighted by molar-refractivity contribution is 6.30. The number of nitrogens with zero attached hydrogens (tertiary/aromatic N) is 2. The van der Waals surface area contributed by atoms with Crippen LogP contribution in [0.2, 0.25) is 5.02 Å². The molecule has 1 aliphatic rings. The highest BCUT2D eigenvalue weighted by Gasteiger charge is 2.20. The fraction of sp³-hybridized carbons (Fsp3) is 0.321. The van der Waals surface area contributed by atoms with Gasteiger partial charge in [0.05, 0.1) is 0 Å². The van der Waals surface area contributed by atoms with Crippen LogP contribution in [0.4, 0.5) is 4.39 Å². The Balaban J connectivity index is 1.48. The SMILES string of the molecule is CC(Oc1ccc(-c2ccc(F)cc2)cc1CN1CCN(C)CC1)C(=O)NCc1ccc(Cl)cc1. The molecule has 3 aromatic rings. The maximum Gasteiger partial charge on any atom is 0.261 e. The van der Waals surface area contributed by atoms with Crippen LogP contribution in [0.3, 0.4) is 0 Å². The molecule has 0 aliphatic carbocycles. The van der Waals surface area contributed by atoms with E-state index in [9.17, 15) is 9.18 Å². The monoisotopic (exact) mass is 495 g/mol. The molecule has 1 N–H and O–H groups in total. The smallest absolute Gasteiger partial charge is 0.261 e. The summed E-state index contributed by atoms with van der Waals surface area (Å²) < 4.78 is 19.6. The molecule has 1 fully saturated rings. The number of benzene rings is 3. The Bertz CT molecular complexity index is 1130. The minimum absolute atomic E-state index is 0.187. The number of ether oxygens (including phenoxy) is 1. The van der Waals surface area contributed by atoms with E-state index in [4.69, 9.17) is 16.3 Å². The van der Waals surface area contributed by atoms with E-state index in [0.717, 1.165) is 55.0 Å². The first-order valence-electron chi connectivity index (χ1n) is 11.9. The summed E-state index contributed by atoms with van der Waals surface area (Å²) in [6, 6.07) is 19.8. The molecule has 0 aromatic heterocycles. The number of hydrogen-bond acceptors (Lipinski definition) is 4. The van der Waals surface area contributed by atoms with E-state index in [2.05, 4.69) is 28.2 Å². The molecule has 5 nitrogen and oxygen atoms in total. The molecule has 7 heteroatoms. The molecule has 1 atom stereocenters. The third-order valence-electron chi connectivity index (χ3n) is 6.28. The number of carbonyl (C=O) groups excluding carboxylic acids is 1. The number of piperazine rings is 1. The Morgan fingerprint density at radius 3 is 2.34 bits per heavy atom. The summed E-state index contributed by atoms with van der Waals surface area (Å²) in [7, 11) is 2.13. The zero-order valence-corrected chi connectivity index (χ0v) is 20.9. The normalized spacial score (nSPS) is 15.5. The van der Waals surface area contributed by atoms with Crippen LogP contribution >= 0.6 is 11.6 Å². The standard InChI is InChI=1S/C28H31ClFN3O2/c1-20(28(34)31-18-21-3-8-25(29)9-4-21)35-27-12-7-23(22-5-10-26(30)11-6-22)17-24(27)19-33-15-13-32(2)14-16-33/h3-12,17,20H,13-16,18-19H2,1-2H3,(H,31,34). The van der Waals surface area contributed by atoms with E-state index >= 15 is 0 Å². The molecule has 1 amide bonds. The van der Waals surface area contributed by atoms with Gasteiger partial charge in [0.2, 0.25) is 0 Å². The predicted octanol–water partition coefficient (Wildman–Crippen LogP) is 4.98. The summed E-state index contributed by atoms with van der Waals surface area (Å²) >= 11 is 5.93. The van der Waals surface area contributed by atoms with Gasteiger partial charge in [-0.25, -0.2) is 4.39 Å². The van der Waals surface area contributed by atoms with Crippen molar-refractivity contribution in [1.82, 2.24) is 15.1 Å². The van der Waals surface area contributed by atoms with Crippen LogP contribution in [-0.2, 0) is 17.9 Å². The molecule has 1 unspecified atom stereocenters. The average Bonchev–Trinajstić information content (AvgIpc) is 2.86. The van der Waals surface area contributed by atoms with E-state index in [1.807, 2.05) is 24.3 Å². The van der Waals surface area contributed by atoms with Crippen molar-refractivity contribution in [3.05, 3.63) is 88.7 Å². The Labute approximate surface area is 211 Å². The van der Waals surface area contributed by atoms with Crippen molar-refractivity contribution in [3.8, 4) is 16.9 Å². The van der Waals surface area contributed by atoms with Crippen LogP contribution in [0.25, 0.3) is 11.1 Å². The van der Waals surface area contributed by atoms with E-state index in [1.165, 1.54) is 12.1 Å². The summed E-state index contributed by atoms with van der Waals surface area (Å²) in [5.41, 5.74) is 3.90. The van der Waals surface area contributed by atoms with Gasteiger partial charge in [0, 0.05) is 49.9 Å². The number of halogens is 2. The van der Waals surface area contributed by atoms with Gasteiger partial charge in [-0.15, -0.1) is 0 Å². The molecule has 0 spiro atoms. The molecular weight excluding hydrogens is 465 g/mol. The summed E-state index contributed by atoms with van der Waals surface area (Å²) in [6.07, 6.45) is -0.662. The maximum absolute atomic E-state index is 13.4. The Morgan fingerprint density at radius 1 is 1.00 bits per heavy atom. The van der Waals surface area contributed by atoms with Crippen LogP contribution in [0, 0.1) is 5.82 Å². The van der Waals surface area contributed by atoms with Gasteiger partial charge in [-0.3, -0.25) is 9.69 Å². The van der Waals surface area contributed by atoms with Crippen LogP contribution < -0.4 is 10.1 Å². The second-order valence-corrected chi connectivity index (χ2v) is 9.45. The average molecular weight is 496 g/mol. The first kappa shape index (κ1) is 25.2. The molecule has 3 aromatic carbocycles. The largest absolute Gasteiger partial charge is 0.481 e. The van der Waals surface area contributed by atoms with Crippen LogP contribution in [0.15, 0.2) is 66.7 Å². The lowest BCUT2D eigenvalue weighted by Gasteiger charge is -2.33. The first-order valence-corrected chi connectivity index (χ1v) is 12.2. The fourth-order valence-electron chi connectivity index (χ4n) is 4.07. The van der Waals surface area contributed by atoms with Gasteiger partial charge in [-0.05, 0) is 67.1 Å². The molecule has 1 aliphatic heterocycles. The van der Waals surface area contributed by atoms with Crippen molar-refractivity contribution in [2.24, 2.45) is 0 Å². The summed E-state index contributed by atoms with van der Waals surface area (Å²) in [5, 5.41) is 3.59. The van der Waals surface area contributed by atoms with Gasteiger partial charge >= 0.3 is 0 Å². The molecular formula is C28H31ClFN3O2. The van der Waals surface area contributed by atoms with Crippen molar-refractivity contribution in [3.63, 3.8) is 0 Å². The molecule has 1 saturated heterocycles. The number of nitrogens with one attached hydrogen (secondary N) is 1. The summed E-state index contributed by atoms with van der Waals surface area (Å²) in [5.74, 6) is 0.238. The first-order chi connectivity index (χ1) is 16.9. The topological polar surface area (TPSA) is 44.8 Å². The van der Waals surface area contributed by atoms with E-state index in [0.29, 0.717) is 17.3 Å². The molecule has 4 rings (SSSR count). The van der Waals surface area contributed by atoms with Crippen molar-refractivity contribution < 1.29 is 13.9 Å². The third kappa shape index (κ3) is 7.04. The lowest BCUT2D eigenvalue weighted by molar-refractivity contribution is -0.127. The van der Waals surface area contributed by atoms with Crippen molar-refractivity contribution in [2.45, 2.75) is 26.1 Å². The number of hydrogen-bond donors (Lipinski definition) is 1. The number of rotatable bonds is 8. The van der Waals surface area contributed by atoms with E-state index in [1.54, 1.807) is 31.2 Å². The Hall–Kier alpha value is -2.93. The van der Waals surface area contributed by atoms with E-state index in [-0.39, 0.29) is 11.7 Å². The molecule has 35 heavy (non-hydrogen) atoms. The van der Waals surface area contributed by atoms with Gasteiger partial charge < -0.3 is 15.0 Å². The van der Waals surface area contributed by atoms with Crippen molar-refractivity contribution in [2.75, 3.05) is 33.2 Å². The van der Waals surface area contributed by atoms with Gasteiger partial charge in [-0.2, -0.15) is 0 Å². The van der Waals surface area contributed by atoms with Gasteiger partial charge in [0.25, 0.3) is 5.91 Å². The minimum atomic E-state index is -0.662. The summed E-state index contributed by atoms with van der Waals surface area (Å²) in [4.78, 5) is 17.4. The zero-order chi connectivity index (χ0) is 24.8. The zero-order valence-electron chi connectivity index (χ0n) is 20.1.